The van der Waals surface area contributed by atoms with E-state index in [0.717, 1.165) is 31.2 Å². The van der Waals surface area contributed by atoms with Gasteiger partial charge in [-0.3, -0.25) is 4.79 Å². The second-order valence-corrected chi connectivity index (χ2v) is 12.5. The number of benzene rings is 4. The Hall–Kier alpha value is -3.17. The average Bonchev–Trinajstić information content (AvgIpc) is 3.39. The van der Waals surface area contributed by atoms with Crippen LogP contribution in [0.3, 0.4) is 0 Å². The molecule has 0 aliphatic carbocycles. The predicted molar refractivity (Wildman–Crippen MR) is 177 cm³/mol. The molecule has 222 valence electrons. The lowest BCUT2D eigenvalue weighted by atomic mass is 9.82. The van der Waals surface area contributed by atoms with Crippen LogP contribution >= 0.6 is 43.5 Å². The van der Waals surface area contributed by atoms with Crippen LogP contribution in [0.25, 0.3) is 0 Å². The van der Waals surface area contributed by atoms with Crippen LogP contribution in [0.15, 0.2) is 111 Å². The first kappa shape index (κ1) is 31.3. The maximum absolute atomic E-state index is 14.4. The number of aliphatic hydroxyl groups excluding tert-OH is 1. The van der Waals surface area contributed by atoms with Gasteiger partial charge in [-0.15, -0.1) is 0 Å². The van der Waals surface area contributed by atoms with Crippen LogP contribution in [0.5, 0.6) is 5.75 Å². The number of aliphatic hydroxyl groups is 1. The Morgan fingerprint density at radius 3 is 2.47 bits per heavy atom. The van der Waals surface area contributed by atoms with Gasteiger partial charge in [0.2, 0.25) is 5.90 Å². The molecule has 4 aromatic rings. The Balaban J connectivity index is 1.52. The van der Waals surface area contributed by atoms with E-state index in [-0.39, 0.29) is 12.5 Å². The highest BCUT2D eigenvalue weighted by atomic mass is 79.9. The zero-order chi connectivity index (χ0) is 30.2. The van der Waals surface area contributed by atoms with Crippen molar-refractivity contribution in [3.63, 3.8) is 0 Å². The third-order valence-electron chi connectivity index (χ3n) is 7.19. The quantitative estimate of drug-likeness (QED) is 0.149. The van der Waals surface area contributed by atoms with Crippen molar-refractivity contribution in [1.29, 1.82) is 0 Å². The first-order valence-electron chi connectivity index (χ1n) is 14.0. The number of rotatable bonds is 12. The van der Waals surface area contributed by atoms with Gasteiger partial charge >= 0.3 is 0 Å². The molecule has 2 N–H and O–H groups in total. The molecule has 0 saturated heterocycles. The highest BCUT2D eigenvalue weighted by Crippen LogP contribution is 2.44. The first-order valence-corrected chi connectivity index (χ1v) is 16.0. The smallest absolute Gasteiger partial charge is 0.252 e. The maximum atomic E-state index is 14.4. The Labute approximate surface area is 273 Å². The van der Waals surface area contributed by atoms with Crippen LogP contribution in [0.4, 0.5) is 0 Å². The van der Waals surface area contributed by atoms with E-state index in [1.165, 1.54) is 0 Å². The van der Waals surface area contributed by atoms with Crippen molar-refractivity contribution in [2.75, 3.05) is 19.8 Å². The number of hydrogen-bond acceptors (Lipinski definition) is 5. The average molecular weight is 727 g/mol. The normalized spacial score (nSPS) is 17.7. The third kappa shape index (κ3) is 7.68. The SMILES string of the molecule is O=C(NCCc1cccc(Cl)c1)[C@]1(Cc2ccc(Br)cc2)N=C(c2ccc(OCCCO)cc2)O[C@@H]1c1ccccc1Br. The van der Waals surface area contributed by atoms with Gasteiger partial charge in [0.15, 0.2) is 11.6 Å². The van der Waals surface area contributed by atoms with Gasteiger partial charge in [0.05, 0.1) is 6.61 Å². The van der Waals surface area contributed by atoms with Gasteiger partial charge < -0.3 is 19.9 Å². The Morgan fingerprint density at radius 2 is 1.74 bits per heavy atom. The number of carbonyl (C=O) groups excluding carboxylic acids is 1. The van der Waals surface area contributed by atoms with E-state index in [2.05, 4.69) is 37.2 Å². The number of amides is 1. The topological polar surface area (TPSA) is 80.2 Å². The molecule has 2 atom stereocenters. The molecule has 1 amide bonds. The molecule has 1 heterocycles. The molecule has 0 spiro atoms. The zero-order valence-electron chi connectivity index (χ0n) is 23.3. The predicted octanol–water partition coefficient (Wildman–Crippen LogP) is 7.48. The fraction of sp³-hybridized carbons (Fsp3) is 0.235. The number of aliphatic imine (C=N–C) groups is 1. The zero-order valence-corrected chi connectivity index (χ0v) is 27.2. The lowest BCUT2D eigenvalue weighted by molar-refractivity contribution is -0.128. The van der Waals surface area contributed by atoms with Crippen LogP contribution in [-0.2, 0) is 22.4 Å². The van der Waals surface area contributed by atoms with Crippen LogP contribution < -0.4 is 10.1 Å². The van der Waals surface area contributed by atoms with Crippen molar-refractivity contribution >= 4 is 55.3 Å². The van der Waals surface area contributed by atoms with E-state index in [0.29, 0.717) is 49.1 Å². The van der Waals surface area contributed by atoms with Gasteiger partial charge in [-0.05, 0) is 72.1 Å². The summed E-state index contributed by atoms with van der Waals surface area (Å²) in [7, 11) is 0. The van der Waals surface area contributed by atoms with Gasteiger partial charge in [-0.1, -0.05) is 85.9 Å². The van der Waals surface area contributed by atoms with Crippen molar-refractivity contribution < 1.29 is 19.4 Å². The minimum Gasteiger partial charge on any atom is -0.494 e. The third-order valence-corrected chi connectivity index (χ3v) is 8.68. The number of ether oxygens (including phenoxy) is 2. The van der Waals surface area contributed by atoms with Crippen molar-refractivity contribution in [2.45, 2.75) is 30.9 Å². The van der Waals surface area contributed by atoms with E-state index < -0.39 is 11.6 Å². The fourth-order valence-electron chi connectivity index (χ4n) is 5.03. The van der Waals surface area contributed by atoms with Crippen molar-refractivity contribution in [3.05, 3.63) is 133 Å². The highest BCUT2D eigenvalue weighted by Gasteiger charge is 2.53. The second kappa shape index (κ2) is 14.5. The summed E-state index contributed by atoms with van der Waals surface area (Å²) < 4.78 is 14.1. The lowest BCUT2D eigenvalue weighted by Crippen LogP contribution is -2.50. The summed E-state index contributed by atoms with van der Waals surface area (Å²) in [6, 6.07) is 30.7. The fourth-order valence-corrected chi connectivity index (χ4v) is 6.00. The molecule has 0 aromatic heterocycles. The molecule has 6 nitrogen and oxygen atoms in total. The largest absolute Gasteiger partial charge is 0.494 e. The van der Waals surface area contributed by atoms with Crippen molar-refractivity contribution in [3.8, 4) is 5.75 Å². The van der Waals surface area contributed by atoms with Crippen molar-refractivity contribution in [2.24, 2.45) is 4.99 Å². The molecule has 0 unspecified atom stereocenters. The monoisotopic (exact) mass is 724 g/mol. The standard InChI is InChI=1S/C34H31Br2ClN2O4/c35-26-13-9-24(10-14-26)22-34(33(41)38-18-17-23-5-3-6-27(37)21-23)31(29-7-1-2-8-30(29)36)43-32(39-34)25-11-15-28(16-12-25)42-20-4-19-40/h1-3,5-16,21,31,40H,4,17-20,22H2,(H,38,41)/t31-,34-/m1/s1. The van der Waals surface area contributed by atoms with Crippen LogP contribution in [0, 0.1) is 0 Å². The Kier molecular flexibility index (Phi) is 10.6. The van der Waals surface area contributed by atoms with E-state index in [1.54, 1.807) is 0 Å². The molecule has 0 bridgehead atoms. The van der Waals surface area contributed by atoms with Gasteiger partial charge in [-0.25, -0.2) is 4.99 Å². The minimum atomic E-state index is -1.29. The van der Waals surface area contributed by atoms with E-state index in [4.69, 9.17) is 31.2 Å². The molecule has 0 fully saturated rings. The summed E-state index contributed by atoms with van der Waals surface area (Å²) in [6.45, 7) is 0.901. The molecular weight excluding hydrogens is 696 g/mol. The van der Waals surface area contributed by atoms with E-state index >= 15 is 0 Å². The van der Waals surface area contributed by atoms with Gasteiger partial charge in [0.1, 0.15) is 5.75 Å². The Bertz CT molecular complexity index is 1580. The first-order chi connectivity index (χ1) is 20.9. The number of hydrogen-bond donors (Lipinski definition) is 2. The molecule has 43 heavy (non-hydrogen) atoms. The Morgan fingerprint density at radius 1 is 0.977 bits per heavy atom. The van der Waals surface area contributed by atoms with Crippen molar-refractivity contribution in [1.82, 2.24) is 5.32 Å². The maximum Gasteiger partial charge on any atom is 0.252 e. The van der Waals surface area contributed by atoms with Gasteiger partial charge in [0, 0.05) is 51.1 Å². The molecule has 0 saturated carbocycles. The van der Waals surface area contributed by atoms with Gasteiger partial charge in [0.25, 0.3) is 5.91 Å². The summed E-state index contributed by atoms with van der Waals surface area (Å²) in [5, 5.41) is 12.9. The lowest BCUT2D eigenvalue weighted by Gasteiger charge is -2.31. The molecule has 0 radical (unpaired) electrons. The van der Waals surface area contributed by atoms with E-state index in [9.17, 15) is 4.79 Å². The molecule has 1 aliphatic rings. The minimum absolute atomic E-state index is 0.0702. The highest BCUT2D eigenvalue weighted by molar-refractivity contribution is 9.10. The van der Waals surface area contributed by atoms with Gasteiger partial charge in [-0.2, -0.15) is 0 Å². The number of carbonyl (C=O) groups is 1. The molecule has 5 rings (SSSR count). The molecule has 1 aliphatic heterocycles. The summed E-state index contributed by atoms with van der Waals surface area (Å²) in [6.07, 6.45) is 0.792. The molecule has 4 aromatic carbocycles. The van der Waals surface area contributed by atoms with Crippen LogP contribution in [0.2, 0.25) is 5.02 Å². The molecule has 9 heteroatoms. The number of nitrogens with one attached hydrogen (secondary N) is 1. The number of halogens is 3. The second-order valence-electron chi connectivity index (χ2n) is 10.2. The van der Waals surface area contributed by atoms with Crippen LogP contribution in [0.1, 0.15) is 34.8 Å². The summed E-state index contributed by atoms with van der Waals surface area (Å²) in [5.41, 5.74) is 2.25. The summed E-state index contributed by atoms with van der Waals surface area (Å²) >= 11 is 13.4. The van der Waals surface area contributed by atoms with Crippen LogP contribution in [-0.4, -0.2) is 42.2 Å². The summed E-state index contributed by atoms with van der Waals surface area (Å²) in [4.78, 5) is 19.5. The number of nitrogens with zero attached hydrogens (tertiary/aromatic N) is 1. The molecular formula is C34H31Br2ClN2O4. The summed E-state index contributed by atoms with van der Waals surface area (Å²) in [5.74, 6) is 0.833. The van der Waals surface area contributed by atoms with E-state index in [1.807, 2.05) is 97.1 Å².